The molecule has 6 nitrogen and oxygen atoms in total. The Hall–Kier alpha value is -1.67. The van der Waals surface area contributed by atoms with Crippen LogP contribution in [0.25, 0.3) is 0 Å². The molecule has 1 saturated heterocycles. The van der Waals surface area contributed by atoms with Gasteiger partial charge in [0.25, 0.3) is 0 Å². The van der Waals surface area contributed by atoms with Gasteiger partial charge in [-0.2, -0.15) is 5.26 Å². The standard InChI is InChI=1S/C18H16Br2FN3O3S/c19-12-1-6-17(20)18(7-12)28(25,26)23-14-8-15(24(9-14)11-22)10-27-16-4-2-13(21)3-5-16/h1-7,14-15,23H,8-10H2/t14-,15-/m1/s1. The van der Waals surface area contributed by atoms with Crippen LogP contribution in [-0.4, -0.2) is 38.6 Å². The van der Waals surface area contributed by atoms with Crippen molar-refractivity contribution in [3.8, 4) is 11.9 Å². The van der Waals surface area contributed by atoms with E-state index in [1.54, 1.807) is 12.1 Å². The fraction of sp³-hybridized carbons (Fsp3) is 0.278. The highest BCUT2D eigenvalue weighted by Crippen LogP contribution is 2.27. The summed E-state index contributed by atoms with van der Waals surface area (Å²) < 4.78 is 47.8. The first-order valence-electron chi connectivity index (χ1n) is 8.30. The Morgan fingerprint density at radius 3 is 2.64 bits per heavy atom. The van der Waals surface area contributed by atoms with Crippen LogP contribution in [0.1, 0.15) is 6.42 Å². The molecule has 1 aliphatic rings. The summed E-state index contributed by atoms with van der Waals surface area (Å²) in [5, 5.41) is 9.36. The Morgan fingerprint density at radius 2 is 1.96 bits per heavy atom. The molecule has 1 fully saturated rings. The van der Waals surface area contributed by atoms with Crippen LogP contribution in [0.5, 0.6) is 5.75 Å². The van der Waals surface area contributed by atoms with Crippen molar-refractivity contribution in [1.29, 1.82) is 5.26 Å². The van der Waals surface area contributed by atoms with E-state index >= 15 is 0 Å². The highest BCUT2D eigenvalue weighted by atomic mass is 79.9. The molecule has 0 saturated carbocycles. The topological polar surface area (TPSA) is 82.4 Å². The molecule has 0 aliphatic carbocycles. The van der Waals surface area contributed by atoms with E-state index in [0.29, 0.717) is 21.1 Å². The smallest absolute Gasteiger partial charge is 0.242 e. The summed E-state index contributed by atoms with van der Waals surface area (Å²) in [4.78, 5) is 1.61. The molecule has 2 aromatic carbocycles. The van der Waals surface area contributed by atoms with E-state index < -0.39 is 16.1 Å². The van der Waals surface area contributed by atoms with Crippen LogP contribution in [0.2, 0.25) is 0 Å². The maximum atomic E-state index is 13.0. The normalized spacial score (nSPS) is 19.4. The van der Waals surface area contributed by atoms with Crippen LogP contribution >= 0.6 is 31.9 Å². The van der Waals surface area contributed by atoms with E-state index in [4.69, 9.17) is 4.74 Å². The number of hydrogen-bond acceptors (Lipinski definition) is 5. The molecule has 0 spiro atoms. The molecule has 0 amide bonds. The maximum absolute atomic E-state index is 13.0. The molecule has 0 aromatic heterocycles. The Kier molecular flexibility index (Phi) is 6.60. The maximum Gasteiger partial charge on any atom is 0.242 e. The number of nitriles is 1. The van der Waals surface area contributed by atoms with E-state index in [9.17, 15) is 18.1 Å². The molecule has 0 bridgehead atoms. The molecule has 2 atom stereocenters. The van der Waals surface area contributed by atoms with Crippen molar-refractivity contribution in [2.45, 2.75) is 23.4 Å². The number of sulfonamides is 1. The van der Waals surface area contributed by atoms with E-state index in [1.165, 1.54) is 35.2 Å². The minimum absolute atomic E-state index is 0.122. The Labute approximate surface area is 179 Å². The van der Waals surface area contributed by atoms with Gasteiger partial charge in [-0.25, -0.2) is 17.5 Å². The second-order valence-electron chi connectivity index (χ2n) is 6.30. The van der Waals surface area contributed by atoms with Gasteiger partial charge in [-0.1, -0.05) is 15.9 Å². The molecule has 1 N–H and O–H groups in total. The van der Waals surface area contributed by atoms with Gasteiger partial charge in [-0.15, -0.1) is 0 Å². The average Bonchev–Trinajstić information content (AvgIpc) is 3.04. The predicted octanol–water partition coefficient (Wildman–Crippen LogP) is 3.63. The zero-order valence-corrected chi connectivity index (χ0v) is 18.5. The minimum Gasteiger partial charge on any atom is -0.491 e. The first-order valence-corrected chi connectivity index (χ1v) is 11.4. The fourth-order valence-electron chi connectivity index (χ4n) is 2.97. The third-order valence-electron chi connectivity index (χ3n) is 4.30. The molecule has 3 rings (SSSR count). The largest absolute Gasteiger partial charge is 0.491 e. The number of halogens is 3. The molecule has 1 aliphatic heterocycles. The number of nitrogens with zero attached hydrogens (tertiary/aromatic N) is 2. The first-order chi connectivity index (χ1) is 13.3. The van der Waals surface area contributed by atoms with Gasteiger partial charge in [0.15, 0.2) is 6.19 Å². The summed E-state index contributed by atoms with van der Waals surface area (Å²) in [5.41, 5.74) is 0. The Bertz CT molecular complexity index is 996. The lowest BCUT2D eigenvalue weighted by Crippen LogP contribution is -2.36. The van der Waals surface area contributed by atoms with Crippen molar-refractivity contribution >= 4 is 41.9 Å². The summed E-state index contributed by atoms with van der Waals surface area (Å²) in [6.45, 7) is 0.441. The third-order valence-corrected chi connectivity index (χ3v) is 7.31. The van der Waals surface area contributed by atoms with Crippen LogP contribution < -0.4 is 9.46 Å². The Balaban J connectivity index is 1.66. The zero-order chi connectivity index (χ0) is 20.3. The van der Waals surface area contributed by atoms with Gasteiger partial charge in [-0.05, 0) is 64.8 Å². The highest BCUT2D eigenvalue weighted by molar-refractivity contribution is 9.11. The molecule has 148 valence electrons. The van der Waals surface area contributed by atoms with Crippen LogP contribution in [0.15, 0.2) is 56.3 Å². The Morgan fingerprint density at radius 1 is 1.25 bits per heavy atom. The van der Waals surface area contributed by atoms with Crippen molar-refractivity contribution in [3.05, 3.63) is 57.2 Å². The third kappa shape index (κ3) is 5.03. The zero-order valence-electron chi connectivity index (χ0n) is 14.5. The van der Waals surface area contributed by atoms with E-state index in [-0.39, 0.29) is 29.9 Å². The van der Waals surface area contributed by atoms with Gasteiger partial charge in [0.1, 0.15) is 18.2 Å². The SMILES string of the molecule is N#CN1C[C@H](NS(=O)(=O)c2cc(Br)ccc2Br)C[C@@H]1COc1ccc(F)cc1. The van der Waals surface area contributed by atoms with Gasteiger partial charge in [0.05, 0.1) is 10.9 Å². The number of nitrogens with one attached hydrogen (secondary N) is 1. The number of likely N-dealkylation sites (tertiary alicyclic amines) is 1. The van der Waals surface area contributed by atoms with Crippen LogP contribution in [0, 0.1) is 17.3 Å². The number of rotatable bonds is 6. The molecular weight excluding hydrogens is 517 g/mol. The summed E-state index contributed by atoms with van der Waals surface area (Å²) in [5.74, 6) is 0.126. The summed E-state index contributed by atoms with van der Waals surface area (Å²) in [6, 6.07) is 9.77. The molecule has 10 heteroatoms. The van der Waals surface area contributed by atoms with Crippen molar-refractivity contribution in [2.24, 2.45) is 0 Å². The summed E-state index contributed by atoms with van der Waals surface area (Å²) in [6.07, 6.45) is 2.49. The molecule has 0 radical (unpaired) electrons. The van der Waals surface area contributed by atoms with Crippen molar-refractivity contribution in [3.63, 3.8) is 0 Å². The lowest BCUT2D eigenvalue weighted by atomic mass is 10.2. The second kappa shape index (κ2) is 8.78. The lowest BCUT2D eigenvalue weighted by molar-refractivity contribution is 0.219. The van der Waals surface area contributed by atoms with E-state index in [2.05, 4.69) is 42.8 Å². The lowest BCUT2D eigenvalue weighted by Gasteiger charge is -2.18. The quantitative estimate of drug-likeness (QED) is 0.574. The first kappa shape index (κ1) is 21.0. The van der Waals surface area contributed by atoms with Crippen molar-refractivity contribution in [2.75, 3.05) is 13.2 Å². The summed E-state index contributed by atoms with van der Waals surface area (Å²) in [7, 11) is -3.77. The van der Waals surface area contributed by atoms with Crippen LogP contribution in [0.3, 0.4) is 0 Å². The van der Waals surface area contributed by atoms with Crippen molar-refractivity contribution in [1.82, 2.24) is 9.62 Å². The minimum atomic E-state index is -3.77. The van der Waals surface area contributed by atoms with Crippen molar-refractivity contribution < 1.29 is 17.5 Å². The average molecular weight is 533 g/mol. The molecular formula is C18H16Br2FN3O3S. The number of benzene rings is 2. The van der Waals surface area contributed by atoms with Crippen LogP contribution in [0.4, 0.5) is 4.39 Å². The van der Waals surface area contributed by atoms with Gasteiger partial charge in [0.2, 0.25) is 10.0 Å². The van der Waals surface area contributed by atoms with Gasteiger partial charge in [0, 0.05) is 21.5 Å². The number of hydrogen-bond donors (Lipinski definition) is 1. The van der Waals surface area contributed by atoms with Crippen LogP contribution in [-0.2, 0) is 10.0 Å². The fourth-order valence-corrected chi connectivity index (χ4v) is 5.71. The molecule has 1 heterocycles. The monoisotopic (exact) mass is 531 g/mol. The van der Waals surface area contributed by atoms with E-state index in [0.717, 1.165) is 0 Å². The van der Waals surface area contributed by atoms with E-state index in [1.807, 2.05) is 0 Å². The molecule has 2 aromatic rings. The molecule has 28 heavy (non-hydrogen) atoms. The highest BCUT2D eigenvalue weighted by Gasteiger charge is 2.35. The second-order valence-corrected chi connectivity index (χ2v) is 9.75. The van der Waals surface area contributed by atoms with Gasteiger partial charge < -0.3 is 9.64 Å². The predicted molar refractivity (Wildman–Crippen MR) is 109 cm³/mol. The van der Waals surface area contributed by atoms with Gasteiger partial charge in [-0.3, -0.25) is 0 Å². The van der Waals surface area contributed by atoms with Gasteiger partial charge >= 0.3 is 0 Å². The summed E-state index contributed by atoms with van der Waals surface area (Å²) >= 11 is 6.53. The number of ether oxygens (including phenoxy) is 1. The molecule has 0 unspecified atom stereocenters.